The van der Waals surface area contributed by atoms with Crippen LogP contribution < -0.4 is 5.32 Å². The summed E-state index contributed by atoms with van der Waals surface area (Å²) in [6, 6.07) is 16.0. The Morgan fingerprint density at radius 3 is 2.67 bits per heavy atom. The maximum absolute atomic E-state index is 11.8. The van der Waals surface area contributed by atoms with E-state index in [1.54, 1.807) is 0 Å². The Morgan fingerprint density at radius 2 is 1.85 bits per heavy atom. The molecule has 0 unspecified atom stereocenters. The minimum absolute atomic E-state index is 0.238. The first-order chi connectivity index (χ1) is 13.1. The summed E-state index contributed by atoms with van der Waals surface area (Å²) < 4.78 is 5.06. The van der Waals surface area contributed by atoms with E-state index in [0.717, 1.165) is 17.5 Å². The van der Waals surface area contributed by atoms with Gasteiger partial charge < -0.3 is 15.0 Å². The summed E-state index contributed by atoms with van der Waals surface area (Å²) in [7, 11) is 0. The van der Waals surface area contributed by atoms with Gasteiger partial charge in [0.05, 0.1) is 0 Å². The number of hydrogen-bond donors (Lipinski definition) is 2. The summed E-state index contributed by atoms with van der Waals surface area (Å²) in [5.74, 6) is -0.638. The highest BCUT2D eigenvalue weighted by molar-refractivity contribution is 5.83. The van der Waals surface area contributed by atoms with E-state index < -0.39 is 0 Å². The number of fused-ring (bicyclic) bond motifs is 1. The minimum atomic E-state index is -0.347. The third kappa shape index (κ3) is 5.45. The number of aryl methyl sites for hydroxylation is 2. The van der Waals surface area contributed by atoms with Gasteiger partial charge in [-0.1, -0.05) is 48.0 Å². The summed E-state index contributed by atoms with van der Waals surface area (Å²) in [5, 5.41) is 3.93. The molecule has 1 aromatic heterocycles. The average molecular weight is 364 g/mol. The van der Waals surface area contributed by atoms with Gasteiger partial charge in [0.1, 0.15) is 0 Å². The number of aromatic amines is 1. The Balaban J connectivity index is 1.34. The van der Waals surface area contributed by atoms with E-state index in [0.29, 0.717) is 19.4 Å². The van der Waals surface area contributed by atoms with Crippen molar-refractivity contribution in [3.63, 3.8) is 0 Å². The van der Waals surface area contributed by atoms with Crippen molar-refractivity contribution in [2.75, 3.05) is 6.61 Å². The van der Waals surface area contributed by atoms with E-state index in [1.807, 2.05) is 55.6 Å². The molecule has 5 heteroatoms. The van der Waals surface area contributed by atoms with Crippen LogP contribution in [0.5, 0.6) is 0 Å². The van der Waals surface area contributed by atoms with Crippen molar-refractivity contribution >= 4 is 22.8 Å². The van der Waals surface area contributed by atoms with Crippen LogP contribution in [0.4, 0.5) is 0 Å². The number of H-pyrrole nitrogens is 1. The lowest BCUT2D eigenvalue weighted by molar-refractivity contribution is -0.148. The van der Waals surface area contributed by atoms with Crippen molar-refractivity contribution in [1.82, 2.24) is 10.3 Å². The van der Waals surface area contributed by atoms with Gasteiger partial charge in [-0.05, 0) is 37.0 Å². The van der Waals surface area contributed by atoms with Crippen LogP contribution in [0.1, 0.15) is 29.5 Å². The van der Waals surface area contributed by atoms with Gasteiger partial charge in [-0.15, -0.1) is 0 Å². The molecule has 0 aliphatic carbocycles. The number of aromatic nitrogens is 1. The fraction of sp³-hybridized carbons (Fsp3) is 0.273. The molecule has 27 heavy (non-hydrogen) atoms. The number of benzene rings is 2. The normalized spacial score (nSPS) is 10.7. The maximum atomic E-state index is 11.8. The number of hydrogen-bond acceptors (Lipinski definition) is 3. The van der Waals surface area contributed by atoms with Crippen LogP contribution in [-0.2, 0) is 27.3 Å². The molecule has 2 N–H and O–H groups in total. The van der Waals surface area contributed by atoms with Crippen molar-refractivity contribution < 1.29 is 14.3 Å². The molecule has 0 bridgehead atoms. The topological polar surface area (TPSA) is 71.2 Å². The van der Waals surface area contributed by atoms with Crippen LogP contribution >= 0.6 is 0 Å². The standard InChI is InChI=1S/C22H24N2O3/c1-16-9-11-17(12-10-16)13-24-21(25)15-27-22(26)8-4-5-18-14-23-20-7-3-2-6-19(18)20/h2-3,6-7,9-12,14,23H,4-5,8,13,15H2,1H3,(H,24,25). The van der Waals surface area contributed by atoms with Crippen molar-refractivity contribution in [2.24, 2.45) is 0 Å². The third-order valence-corrected chi connectivity index (χ3v) is 4.48. The second kappa shape index (κ2) is 9.03. The lowest BCUT2D eigenvalue weighted by Crippen LogP contribution is -2.28. The molecule has 0 aliphatic rings. The SMILES string of the molecule is Cc1ccc(CNC(=O)COC(=O)CCCc2c[nH]c3ccccc23)cc1. The first-order valence-corrected chi connectivity index (χ1v) is 9.14. The van der Waals surface area contributed by atoms with E-state index in [-0.39, 0.29) is 18.5 Å². The number of nitrogens with one attached hydrogen (secondary N) is 2. The Hall–Kier alpha value is -3.08. The Labute approximate surface area is 158 Å². The fourth-order valence-corrected chi connectivity index (χ4v) is 2.94. The number of ether oxygens (including phenoxy) is 1. The van der Waals surface area contributed by atoms with Gasteiger partial charge in [-0.3, -0.25) is 9.59 Å². The van der Waals surface area contributed by atoms with Crippen LogP contribution in [0.2, 0.25) is 0 Å². The zero-order valence-corrected chi connectivity index (χ0v) is 15.5. The Morgan fingerprint density at radius 1 is 1.07 bits per heavy atom. The van der Waals surface area contributed by atoms with E-state index in [9.17, 15) is 9.59 Å². The molecule has 0 spiro atoms. The summed E-state index contributed by atoms with van der Waals surface area (Å²) in [5.41, 5.74) is 4.47. The van der Waals surface area contributed by atoms with Crippen molar-refractivity contribution in [1.29, 1.82) is 0 Å². The predicted octanol–water partition coefficient (Wildman–Crippen LogP) is 3.66. The molecular weight excluding hydrogens is 340 g/mol. The van der Waals surface area contributed by atoms with E-state index in [4.69, 9.17) is 4.74 Å². The largest absolute Gasteiger partial charge is 0.456 e. The molecule has 2 aromatic carbocycles. The Kier molecular flexibility index (Phi) is 6.26. The number of amides is 1. The molecule has 0 fully saturated rings. The first-order valence-electron chi connectivity index (χ1n) is 9.14. The molecule has 0 atom stereocenters. The maximum Gasteiger partial charge on any atom is 0.306 e. The van der Waals surface area contributed by atoms with Gasteiger partial charge in [0.15, 0.2) is 6.61 Å². The highest BCUT2D eigenvalue weighted by atomic mass is 16.5. The van der Waals surface area contributed by atoms with Crippen molar-refractivity contribution in [3.05, 3.63) is 71.4 Å². The van der Waals surface area contributed by atoms with E-state index >= 15 is 0 Å². The zero-order valence-electron chi connectivity index (χ0n) is 15.5. The quantitative estimate of drug-likeness (QED) is 0.599. The monoisotopic (exact) mass is 364 g/mol. The van der Waals surface area contributed by atoms with Gasteiger partial charge in [0.2, 0.25) is 0 Å². The number of esters is 1. The first kappa shape index (κ1) is 18.7. The lowest BCUT2D eigenvalue weighted by Gasteiger charge is -2.07. The van der Waals surface area contributed by atoms with Crippen LogP contribution in [0.15, 0.2) is 54.7 Å². The smallest absolute Gasteiger partial charge is 0.306 e. The van der Waals surface area contributed by atoms with Crippen LogP contribution in [0.25, 0.3) is 10.9 Å². The molecular formula is C22H24N2O3. The Bertz CT molecular complexity index is 913. The van der Waals surface area contributed by atoms with E-state index in [2.05, 4.69) is 16.4 Å². The number of para-hydroxylation sites is 1. The second-order valence-electron chi connectivity index (χ2n) is 6.64. The third-order valence-electron chi connectivity index (χ3n) is 4.48. The number of carbonyl (C=O) groups excluding carboxylic acids is 2. The van der Waals surface area contributed by atoms with E-state index in [1.165, 1.54) is 16.5 Å². The van der Waals surface area contributed by atoms with Crippen molar-refractivity contribution in [2.45, 2.75) is 32.7 Å². The predicted molar refractivity (Wildman–Crippen MR) is 105 cm³/mol. The molecule has 1 amide bonds. The highest BCUT2D eigenvalue weighted by Crippen LogP contribution is 2.19. The highest BCUT2D eigenvalue weighted by Gasteiger charge is 2.09. The average Bonchev–Trinajstić information content (AvgIpc) is 3.09. The summed E-state index contributed by atoms with van der Waals surface area (Å²) >= 11 is 0. The molecule has 0 saturated heterocycles. The van der Waals surface area contributed by atoms with Gasteiger partial charge in [0, 0.05) is 30.1 Å². The molecule has 3 aromatic rings. The molecule has 0 aliphatic heterocycles. The van der Waals surface area contributed by atoms with Crippen LogP contribution in [-0.4, -0.2) is 23.5 Å². The lowest BCUT2D eigenvalue weighted by atomic mass is 10.1. The summed E-state index contributed by atoms with van der Waals surface area (Å²) in [6.07, 6.45) is 3.75. The molecule has 0 saturated carbocycles. The van der Waals surface area contributed by atoms with Crippen LogP contribution in [0, 0.1) is 6.92 Å². The molecule has 5 nitrogen and oxygen atoms in total. The minimum Gasteiger partial charge on any atom is -0.456 e. The zero-order chi connectivity index (χ0) is 19.1. The number of carbonyl (C=O) groups is 2. The number of rotatable bonds is 8. The van der Waals surface area contributed by atoms with Gasteiger partial charge >= 0.3 is 5.97 Å². The molecule has 140 valence electrons. The molecule has 1 heterocycles. The van der Waals surface area contributed by atoms with Gasteiger partial charge in [-0.25, -0.2) is 0 Å². The van der Waals surface area contributed by atoms with Crippen LogP contribution in [0.3, 0.4) is 0 Å². The molecule has 3 rings (SSSR count). The molecule has 0 radical (unpaired) electrons. The van der Waals surface area contributed by atoms with Gasteiger partial charge in [-0.2, -0.15) is 0 Å². The summed E-state index contributed by atoms with van der Waals surface area (Å²) in [4.78, 5) is 26.9. The van der Waals surface area contributed by atoms with Gasteiger partial charge in [0.25, 0.3) is 5.91 Å². The summed E-state index contributed by atoms with van der Waals surface area (Å²) in [6.45, 7) is 2.20. The van der Waals surface area contributed by atoms with Crippen molar-refractivity contribution in [3.8, 4) is 0 Å². The second-order valence-corrected chi connectivity index (χ2v) is 6.64. The fourth-order valence-electron chi connectivity index (χ4n) is 2.94.